The van der Waals surface area contributed by atoms with Gasteiger partial charge in [0.2, 0.25) is 5.91 Å². The predicted molar refractivity (Wildman–Crippen MR) is 76.1 cm³/mol. The van der Waals surface area contributed by atoms with Crippen molar-refractivity contribution in [1.82, 2.24) is 15.5 Å². The zero-order chi connectivity index (χ0) is 13.8. The largest absolute Gasteiger partial charge is 0.324 e. The Bertz CT molecular complexity index is 600. The first-order valence-corrected chi connectivity index (χ1v) is 6.71. The van der Waals surface area contributed by atoms with E-state index >= 15 is 0 Å². The van der Waals surface area contributed by atoms with E-state index in [4.69, 9.17) is 0 Å². The Morgan fingerprint density at radius 2 is 2.15 bits per heavy atom. The van der Waals surface area contributed by atoms with Crippen molar-refractivity contribution in [3.63, 3.8) is 0 Å². The quantitative estimate of drug-likeness (QED) is 0.885. The summed E-state index contributed by atoms with van der Waals surface area (Å²) in [7, 11) is 0. The third-order valence-corrected chi connectivity index (χ3v) is 3.45. The van der Waals surface area contributed by atoms with Gasteiger partial charge in [-0.25, -0.2) is 0 Å². The lowest BCUT2D eigenvalue weighted by Crippen LogP contribution is -2.39. The van der Waals surface area contributed by atoms with Gasteiger partial charge in [0.05, 0.1) is 11.7 Å². The molecule has 1 unspecified atom stereocenters. The highest BCUT2D eigenvalue weighted by Gasteiger charge is 2.22. The number of fused-ring (bicyclic) bond motifs is 1. The molecule has 0 fully saturated rings. The first-order chi connectivity index (χ1) is 9.83. The van der Waals surface area contributed by atoms with Gasteiger partial charge in [-0.2, -0.15) is 10.2 Å². The van der Waals surface area contributed by atoms with Crippen LogP contribution in [0.2, 0.25) is 0 Å². The molecule has 1 aliphatic heterocycles. The fraction of sp³-hybridized carbons (Fsp3) is 0.267. The van der Waals surface area contributed by atoms with Crippen molar-refractivity contribution in [2.75, 3.05) is 5.32 Å². The van der Waals surface area contributed by atoms with E-state index in [0.29, 0.717) is 6.54 Å². The zero-order valence-corrected chi connectivity index (χ0v) is 11.0. The van der Waals surface area contributed by atoms with Crippen LogP contribution in [0, 0.1) is 0 Å². The van der Waals surface area contributed by atoms with E-state index < -0.39 is 0 Å². The topological polar surface area (TPSA) is 66.9 Å². The average Bonchev–Trinajstić information content (AvgIpc) is 2.65. The molecular weight excluding hydrogens is 252 g/mol. The highest BCUT2D eigenvalue weighted by atomic mass is 16.2. The van der Waals surface area contributed by atoms with E-state index in [1.807, 2.05) is 30.3 Å². The summed E-state index contributed by atoms with van der Waals surface area (Å²) in [6, 6.07) is 11.5. The van der Waals surface area contributed by atoms with E-state index in [9.17, 15) is 4.79 Å². The Labute approximate surface area is 117 Å². The maximum atomic E-state index is 12.2. The van der Waals surface area contributed by atoms with Gasteiger partial charge in [-0.1, -0.05) is 18.2 Å². The van der Waals surface area contributed by atoms with Crippen molar-refractivity contribution in [3.8, 4) is 0 Å². The number of hydrogen-bond donors (Lipinski definition) is 2. The normalized spacial score (nSPS) is 18.0. The number of nitrogens with one attached hydrogen (secondary N) is 2. The van der Waals surface area contributed by atoms with E-state index in [0.717, 1.165) is 24.2 Å². The molecule has 5 heteroatoms. The van der Waals surface area contributed by atoms with E-state index in [-0.39, 0.29) is 11.9 Å². The number of hydrogen-bond acceptors (Lipinski definition) is 4. The number of benzene rings is 1. The zero-order valence-electron chi connectivity index (χ0n) is 11.0. The molecular formula is C15H16N4O. The molecule has 20 heavy (non-hydrogen) atoms. The second kappa shape index (κ2) is 5.79. The molecule has 1 aliphatic rings. The van der Waals surface area contributed by atoms with Gasteiger partial charge in [0.15, 0.2) is 0 Å². The van der Waals surface area contributed by atoms with Gasteiger partial charge in [0.1, 0.15) is 0 Å². The lowest BCUT2D eigenvalue weighted by atomic mass is 10.1. The fourth-order valence-corrected chi connectivity index (χ4v) is 2.36. The first-order valence-electron chi connectivity index (χ1n) is 6.71. The molecule has 0 aliphatic carbocycles. The average molecular weight is 268 g/mol. The van der Waals surface area contributed by atoms with Gasteiger partial charge >= 0.3 is 0 Å². The lowest BCUT2D eigenvalue weighted by Gasteiger charge is -2.14. The Kier molecular flexibility index (Phi) is 3.69. The number of nitrogens with zero attached hydrogens (tertiary/aromatic N) is 2. The molecule has 0 bridgehead atoms. The van der Waals surface area contributed by atoms with Gasteiger partial charge in [0.25, 0.3) is 0 Å². The molecule has 2 N–H and O–H groups in total. The smallest absolute Gasteiger partial charge is 0.241 e. The second-order valence-electron chi connectivity index (χ2n) is 4.83. The number of aryl methyl sites for hydroxylation is 1. The van der Waals surface area contributed by atoms with Crippen LogP contribution >= 0.6 is 0 Å². The van der Waals surface area contributed by atoms with E-state index in [1.54, 1.807) is 6.20 Å². The summed E-state index contributed by atoms with van der Waals surface area (Å²) in [5.41, 5.74) is 2.94. The Hall–Kier alpha value is -2.27. The highest BCUT2D eigenvalue weighted by molar-refractivity contribution is 5.96. The summed E-state index contributed by atoms with van der Waals surface area (Å²) in [5.74, 6) is 0.0128. The van der Waals surface area contributed by atoms with Gasteiger partial charge in [-0.15, -0.1) is 0 Å². The molecule has 1 atom stereocenters. The Morgan fingerprint density at radius 1 is 1.25 bits per heavy atom. The van der Waals surface area contributed by atoms with Crippen molar-refractivity contribution in [2.24, 2.45) is 0 Å². The standard InChI is InChI=1S/C15H16N4O/c20-15-14(16-10-12-5-3-9-17-19-12)8-7-11-4-1-2-6-13(11)18-15/h1-6,9,14,16H,7-8,10H2,(H,18,20). The fourth-order valence-electron chi connectivity index (χ4n) is 2.36. The highest BCUT2D eigenvalue weighted by Crippen LogP contribution is 2.21. The number of para-hydroxylation sites is 1. The van der Waals surface area contributed by atoms with Gasteiger partial charge in [-0.3, -0.25) is 4.79 Å². The van der Waals surface area contributed by atoms with Gasteiger partial charge < -0.3 is 10.6 Å². The molecule has 102 valence electrons. The van der Waals surface area contributed by atoms with Crippen LogP contribution < -0.4 is 10.6 Å². The maximum Gasteiger partial charge on any atom is 0.241 e. The van der Waals surface area contributed by atoms with Crippen LogP contribution in [0.5, 0.6) is 0 Å². The molecule has 1 aromatic heterocycles. The molecule has 3 rings (SSSR count). The number of anilines is 1. The van der Waals surface area contributed by atoms with Crippen LogP contribution in [0.25, 0.3) is 0 Å². The first kappa shape index (κ1) is 12.7. The monoisotopic (exact) mass is 268 g/mol. The molecule has 0 spiro atoms. The van der Waals surface area contributed by atoms with Crippen molar-refractivity contribution in [2.45, 2.75) is 25.4 Å². The molecule has 2 aromatic rings. The van der Waals surface area contributed by atoms with Crippen LogP contribution in [0.1, 0.15) is 17.7 Å². The minimum Gasteiger partial charge on any atom is -0.324 e. The molecule has 0 saturated carbocycles. The molecule has 1 amide bonds. The maximum absolute atomic E-state index is 12.2. The number of carbonyl (C=O) groups excluding carboxylic acids is 1. The number of aromatic nitrogens is 2. The van der Waals surface area contributed by atoms with Crippen LogP contribution in [0.3, 0.4) is 0 Å². The SMILES string of the molecule is O=C1Nc2ccccc2CCC1NCc1cccnn1. The van der Waals surface area contributed by atoms with Crippen molar-refractivity contribution < 1.29 is 4.79 Å². The summed E-state index contributed by atoms with van der Waals surface area (Å²) < 4.78 is 0. The summed E-state index contributed by atoms with van der Waals surface area (Å²) in [6.45, 7) is 0.544. The molecule has 2 heterocycles. The summed E-state index contributed by atoms with van der Waals surface area (Å²) in [4.78, 5) is 12.2. The number of amides is 1. The molecule has 1 aromatic carbocycles. The molecule has 0 radical (unpaired) electrons. The van der Waals surface area contributed by atoms with E-state index in [2.05, 4.69) is 26.9 Å². The van der Waals surface area contributed by atoms with Crippen molar-refractivity contribution in [1.29, 1.82) is 0 Å². The Balaban J connectivity index is 1.66. The van der Waals surface area contributed by atoms with Crippen molar-refractivity contribution >= 4 is 11.6 Å². The predicted octanol–water partition coefficient (Wildman–Crippen LogP) is 1.52. The minimum absolute atomic E-state index is 0.0128. The van der Waals surface area contributed by atoms with Crippen LogP contribution in [-0.2, 0) is 17.8 Å². The Morgan fingerprint density at radius 3 is 3.00 bits per heavy atom. The third-order valence-electron chi connectivity index (χ3n) is 3.45. The third kappa shape index (κ3) is 2.83. The number of rotatable bonds is 3. The molecule has 0 saturated heterocycles. The van der Waals surface area contributed by atoms with Gasteiger partial charge in [0, 0.05) is 18.4 Å². The minimum atomic E-state index is -0.204. The van der Waals surface area contributed by atoms with E-state index in [1.165, 1.54) is 5.56 Å². The van der Waals surface area contributed by atoms with Crippen LogP contribution in [0.15, 0.2) is 42.6 Å². The summed E-state index contributed by atoms with van der Waals surface area (Å²) >= 11 is 0. The van der Waals surface area contributed by atoms with Crippen molar-refractivity contribution in [3.05, 3.63) is 53.9 Å². The van der Waals surface area contributed by atoms with Crippen LogP contribution in [0.4, 0.5) is 5.69 Å². The summed E-state index contributed by atoms with van der Waals surface area (Å²) in [6.07, 6.45) is 3.30. The number of carbonyl (C=O) groups is 1. The van der Waals surface area contributed by atoms with Crippen LogP contribution in [-0.4, -0.2) is 22.1 Å². The summed E-state index contributed by atoms with van der Waals surface area (Å²) in [5, 5.41) is 14.1. The molecule has 5 nitrogen and oxygen atoms in total. The second-order valence-corrected chi connectivity index (χ2v) is 4.83. The van der Waals surface area contributed by atoms with Gasteiger partial charge in [-0.05, 0) is 36.6 Å². The lowest BCUT2D eigenvalue weighted by molar-refractivity contribution is -0.118.